The minimum atomic E-state index is 0.707. The molecule has 0 aromatic carbocycles. The summed E-state index contributed by atoms with van der Waals surface area (Å²) >= 11 is 3.55. The van der Waals surface area contributed by atoms with Crippen molar-refractivity contribution in [2.75, 3.05) is 23.3 Å². The maximum absolute atomic E-state index is 4.50. The smallest absolute Gasteiger partial charge is 0.245 e. The fourth-order valence-electron chi connectivity index (χ4n) is 1.95. The van der Waals surface area contributed by atoms with Crippen LogP contribution in [0.1, 0.15) is 24.2 Å². The van der Waals surface area contributed by atoms with Gasteiger partial charge in [-0.05, 0) is 32.6 Å². The van der Waals surface area contributed by atoms with Crippen LogP contribution in [0.25, 0.3) is 0 Å². The molecule has 0 bridgehead atoms. The van der Waals surface area contributed by atoms with Crippen molar-refractivity contribution < 1.29 is 0 Å². The molecule has 5 heteroatoms. The van der Waals surface area contributed by atoms with E-state index >= 15 is 0 Å². The summed E-state index contributed by atoms with van der Waals surface area (Å²) in [5.41, 5.74) is 1.89. The van der Waals surface area contributed by atoms with Gasteiger partial charge in [0.15, 0.2) is 0 Å². The van der Waals surface area contributed by atoms with Crippen LogP contribution < -0.4 is 4.90 Å². The molecule has 2 rings (SSSR count). The number of aromatic nitrogens is 3. The molecule has 2 heterocycles. The predicted octanol–water partition coefficient (Wildman–Crippen LogP) is 2.10. The molecule has 0 N–H and O–H groups in total. The van der Waals surface area contributed by atoms with E-state index in [2.05, 4.69) is 36.0 Å². The predicted molar refractivity (Wildman–Crippen MR) is 68.0 cm³/mol. The van der Waals surface area contributed by atoms with E-state index in [1.54, 1.807) is 0 Å². The second kappa shape index (κ2) is 5.08. The molecule has 16 heavy (non-hydrogen) atoms. The van der Waals surface area contributed by atoms with Gasteiger partial charge in [0.05, 0.1) is 11.4 Å². The zero-order valence-electron chi connectivity index (χ0n) is 9.78. The largest absolute Gasteiger partial charge is 0.339 e. The van der Waals surface area contributed by atoms with Crippen LogP contribution >= 0.6 is 15.9 Å². The first-order valence-electron chi connectivity index (χ1n) is 5.69. The second-order valence-corrected chi connectivity index (χ2v) is 5.04. The van der Waals surface area contributed by atoms with E-state index in [0.717, 1.165) is 35.8 Å². The van der Waals surface area contributed by atoms with Crippen molar-refractivity contribution in [3.8, 4) is 0 Å². The molecule has 1 aromatic rings. The molecule has 0 amide bonds. The number of hydrogen-bond donors (Lipinski definition) is 0. The third-order valence-electron chi connectivity index (χ3n) is 3.10. The number of aryl methyl sites for hydroxylation is 2. The van der Waals surface area contributed by atoms with E-state index < -0.39 is 0 Å². The van der Waals surface area contributed by atoms with Crippen molar-refractivity contribution in [2.45, 2.75) is 26.7 Å². The number of halogens is 1. The zero-order chi connectivity index (χ0) is 11.5. The van der Waals surface area contributed by atoms with Crippen molar-refractivity contribution in [3.63, 3.8) is 0 Å². The van der Waals surface area contributed by atoms with Gasteiger partial charge < -0.3 is 4.90 Å². The van der Waals surface area contributed by atoms with Crippen LogP contribution in [-0.2, 0) is 0 Å². The Hall–Kier alpha value is -0.710. The Morgan fingerprint density at radius 1 is 1.31 bits per heavy atom. The highest BCUT2D eigenvalue weighted by Gasteiger charge is 2.21. The van der Waals surface area contributed by atoms with Crippen molar-refractivity contribution in [2.24, 2.45) is 5.92 Å². The van der Waals surface area contributed by atoms with E-state index in [-0.39, 0.29) is 0 Å². The molecule has 1 fully saturated rings. The van der Waals surface area contributed by atoms with Crippen molar-refractivity contribution in [1.29, 1.82) is 0 Å². The molecule has 0 saturated carbocycles. The van der Waals surface area contributed by atoms with Crippen LogP contribution in [0.3, 0.4) is 0 Å². The van der Waals surface area contributed by atoms with E-state index in [0.29, 0.717) is 5.92 Å². The highest BCUT2D eigenvalue weighted by atomic mass is 79.9. The molecule has 1 aliphatic rings. The molecule has 1 aliphatic heterocycles. The maximum Gasteiger partial charge on any atom is 0.245 e. The Bertz CT molecular complexity index is 369. The summed E-state index contributed by atoms with van der Waals surface area (Å²) in [6.45, 7) is 6.01. The van der Waals surface area contributed by atoms with Crippen LogP contribution in [0, 0.1) is 19.8 Å². The number of piperidine rings is 1. The van der Waals surface area contributed by atoms with Gasteiger partial charge in [0, 0.05) is 18.4 Å². The first-order chi connectivity index (χ1) is 7.70. The highest BCUT2D eigenvalue weighted by molar-refractivity contribution is 9.09. The summed E-state index contributed by atoms with van der Waals surface area (Å²) in [6.07, 6.45) is 2.51. The zero-order valence-corrected chi connectivity index (χ0v) is 11.4. The summed E-state index contributed by atoms with van der Waals surface area (Å²) in [5.74, 6) is 1.49. The van der Waals surface area contributed by atoms with Gasteiger partial charge in [-0.2, -0.15) is 5.10 Å². The Morgan fingerprint density at radius 2 is 2.12 bits per heavy atom. The maximum atomic E-state index is 4.50. The molecular weight excluding hydrogens is 268 g/mol. The number of anilines is 1. The lowest BCUT2D eigenvalue weighted by atomic mass is 10.0. The molecular formula is C11H17BrN4. The van der Waals surface area contributed by atoms with Gasteiger partial charge >= 0.3 is 0 Å². The van der Waals surface area contributed by atoms with Gasteiger partial charge in [0.25, 0.3) is 0 Å². The van der Waals surface area contributed by atoms with Crippen LogP contribution in [0.4, 0.5) is 5.95 Å². The van der Waals surface area contributed by atoms with Crippen LogP contribution in [0.2, 0.25) is 0 Å². The molecule has 1 saturated heterocycles. The third kappa shape index (κ3) is 2.51. The summed E-state index contributed by atoms with van der Waals surface area (Å²) in [5, 5.41) is 9.38. The standard InChI is InChI=1S/C11H17BrN4/c1-8-9(2)14-15-11(13-8)16-5-3-4-10(6-12)7-16/h10H,3-7H2,1-2H3. The summed E-state index contributed by atoms with van der Waals surface area (Å²) in [4.78, 5) is 6.75. The fourth-order valence-corrected chi connectivity index (χ4v) is 2.48. The Balaban J connectivity index is 2.13. The lowest BCUT2D eigenvalue weighted by molar-refractivity contribution is 0.448. The average Bonchev–Trinajstić information content (AvgIpc) is 2.33. The quantitative estimate of drug-likeness (QED) is 0.780. The molecule has 0 radical (unpaired) electrons. The number of nitrogens with zero attached hydrogens (tertiary/aromatic N) is 4. The molecule has 1 atom stereocenters. The Morgan fingerprint density at radius 3 is 2.81 bits per heavy atom. The average molecular weight is 285 g/mol. The first-order valence-corrected chi connectivity index (χ1v) is 6.81. The molecule has 4 nitrogen and oxygen atoms in total. The van der Waals surface area contributed by atoms with Crippen LogP contribution in [0.5, 0.6) is 0 Å². The van der Waals surface area contributed by atoms with Gasteiger partial charge in [-0.15, -0.1) is 5.10 Å². The molecule has 1 unspecified atom stereocenters. The van der Waals surface area contributed by atoms with Crippen molar-refractivity contribution >= 4 is 21.9 Å². The van der Waals surface area contributed by atoms with E-state index in [4.69, 9.17) is 0 Å². The van der Waals surface area contributed by atoms with E-state index in [1.165, 1.54) is 12.8 Å². The lowest BCUT2D eigenvalue weighted by Gasteiger charge is -2.31. The molecule has 1 aromatic heterocycles. The molecule has 0 spiro atoms. The van der Waals surface area contributed by atoms with Crippen molar-refractivity contribution in [3.05, 3.63) is 11.4 Å². The van der Waals surface area contributed by atoms with Gasteiger partial charge in [0.2, 0.25) is 5.95 Å². The third-order valence-corrected chi connectivity index (χ3v) is 4.02. The van der Waals surface area contributed by atoms with Gasteiger partial charge in [0.1, 0.15) is 0 Å². The topological polar surface area (TPSA) is 41.9 Å². The molecule has 88 valence electrons. The SMILES string of the molecule is Cc1nnc(N2CCCC(CBr)C2)nc1C. The number of hydrogen-bond acceptors (Lipinski definition) is 4. The van der Waals surface area contributed by atoms with Crippen molar-refractivity contribution in [1.82, 2.24) is 15.2 Å². The summed E-state index contributed by atoms with van der Waals surface area (Å²) in [7, 11) is 0. The van der Waals surface area contributed by atoms with Gasteiger partial charge in [-0.1, -0.05) is 15.9 Å². The first kappa shape index (κ1) is 11.8. The van der Waals surface area contributed by atoms with E-state index in [1.807, 2.05) is 13.8 Å². The fraction of sp³-hybridized carbons (Fsp3) is 0.727. The van der Waals surface area contributed by atoms with Gasteiger partial charge in [-0.25, -0.2) is 4.98 Å². The Labute approximate surface area is 105 Å². The monoisotopic (exact) mass is 284 g/mol. The highest BCUT2D eigenvalue weighted by Crippen LogP contribution is 2.21. The van der Waals surface area contributed by atoms with Crippen LogP contribution in [0.15, 0.2) is 0 Å². The minimum absolute atomic E-state index is 0.707. The Kier molecular flexibility index (Phi) is 3.74. The number of rotatable bonds is 2. The van der Waals surface area contributed by atoms with Gasteiger partial charge in [-0.3, -0.25) is 0 Å². The normalized spacial score (nSPS) is 21.2. The lowest BCUT2D eigenvalue weighted by Crippen LogP contribution is -2.37. The molecule has 0 aliphatic carbocycles. The van der Waals surface area contributed by atoms with E-state index in [9.17, 15) is 0 Å². The minimum Gasteiger partial charge on any atom is -0.339 e. The summed E-state index contributed by atoms with van der Waals surface area (Å²) < 4.78 is 0. The number of alkyl halides is 1. The summed E-state index contributed by atoms with van der Waals surface area (Å²) in [6, 6.07) is 0. The second-order valence-electron chi connectivity index (χ2n) is 4.39. The van der Waals surface area contributed by atoms with Crippen LogP contribution in [-0.4, -0.2) is 33.6 Å².